The molecule has 0 amide bonds. The summed E-state index contributed by atoms with van der Waals surface area (Å²) in [7, 11) is 0. The van der Waals surface area contributed by atoms with Gasteiger partial charge in [0.25, 0.3) is 0 Å². The molecule has 0 spiro atoms. The molecule has 96 valence electrons. The summed E-state index contributed by atoms with van der Waals surface area (Å²) in [5, 5.41) is 3.65. The molecule has 1 unspecified atom stereocenters. The minimum absolute atomic E-state index is 0.391. The molecule has 3 nitrogen and oxygen atoms in total. The monoisotopic (exact) mass is 235 g/mol. The first kappa shape index (κ1) is 12.5. The molecule has 0 aromatic carbocycles. The van der Waals surface area contributed by atoms with Crippen LogP contribution in [0, 0.1) is 12.3 Å². The number of hydrogen-bond donors (Lipinski definition) is 1. The summed E-state index contributed by atoms with van der Waals surface area (Å²) in [5.41, 5.74) is 1.48. The largest absolute Gasteiger partial charge is 0.352 e. The van der Waals surface area contributed by atoms with Crippen molar-refractivity contribution in [1.29, 1.82) is 0 Å². The number of imidazole rings is 1. The Morgan fingerprint density at radius 3 is 2.71 bits per heavy atom. The van der Waals surface area contributed by atoms with E-state index < -0.39 is 0 Å². The predicted molar refractivity (Wildman–Crippen MR) is 72.4 cm³/mol. The minimum Gasteiger partial charge on any atom is -0.352 e. The van der Waals surface area contributed by atoms with Crippen molar-refractivity contribution in [3.8, 4) is 0 Å². The van der Waals surface area contributed by atoms with E-state index in [2.05, 4.69) is 55.7 Å². The molecular formula is C14H25N3. The average Bonchev–Trinajstić information content (AvgIpc) is 2.72. The lowest BCUT2D eigenvalue weighted by molar-refractivity contribution is 0.347. The summed E-state index contributed by atoms with van der Waals surface area (Å²) in [6.07, 6.45) is 6.03. The number of aryl methyl sites for hydroxylation is 1. The first-order valence-corrected chi connectivity index (χ1v) is 6.72. The van der Waals surface area contributed by atoms with Crippen molar-refractivity contribution in [2.45, 2.75) is 66.0 Å². The zero-order valence-corrected chi connectivity index (χ0v) is 11.7. The van der Waals surface area contributed by atoms with Gasteiger partial charge in [0, 0.05) is 18.3 Å². The topological polar surface area (TPSA) is 29.9 Å². The van der Waals surface area contributed by atoms with Crippen LogP contribution < -0.4 is 5.32 Å². The number of nitrogens with zero attached hydrogens (tertiary/aromatic N) is 2. The number of anilines is 1. The third-order valence-corrected chi connectivity index (χ3v) is 3.97. The fourth-order valence-electron chi connectivity index (χ4n) is 2.77. The Morgan fingerprint density at radius 1 is 1.47 bits per heavy atom. The van der Waals surface area contributed by atoms with Gasteiger partial charge in [0.05, 0.1) is 5.69 Å². The maximum atomic E-state index is 4.61. The van der Waals surface area contributed by atoms with Gasteiger partial charge in [-0.2, -0.15) is 0 Å². The molecule has 1 aromatic heterocycles. The molecule has 1 N–H and O–H groups in total. The fraction of sp³-hybridized carbons (Fsp3) is 0.786. The summed E-state index contributed by atoms with van der Waals surface area (Å²) in [6, 6.07) is 1.02. The van der Waals surface area contributed by atoms with Crippen molar-refractivity contribution >= 4 is 5.95 Å². The van der Waals surface area contributed by atoms with E-state index in [0.29, 0.717) is 17.5 Å². The van der Waals surface area contributed by atoms with Crippen molar-refractivity contribution in [2.24, 2.45) is 5.41 Å². The van der Waals surface area contributed by atoms with E-state index in [1.54, 1.807) is 0 Å². The molecule has 0 bridgehead atoms. The van der Waals surface area contributed by atoms with Gasteiger partial charge in [0.2, 0.25) is 5.95 Å². The molecule has 0 radical (unpaired) electrons. The van der Waals surface area contributed by atoms with Crippen molar-refractivity contribution in [3.05, 3.63) is 11.9 Å². The standard InChI is InChI=1S/C14H25N3/c1-10(2)17-9-11(3)15-13(17)16-12-7-6-8-14(12,4)5/h9-10,12H,6-8H2,1-5H3,(H,15,16). The zero-order chi connectivity index (χ0) is 12.6. The van der Waals surface area contributed by atoms with Gasteiger partial charge in [-0.05, 0) is 39.0 Å². The van der Waals surface area contributed by atoms with Crippen molar-refractivity contribution < 1.29 is 0 Å². The summed E-state index contributed by atoms with van der Waals surface area (Å²) in [6.45, 7) is 11.2. The van der Waals surface area contributed by atoms with Gasteiger partial charge in [0.1, 0.15) is 0 Å². The van der Waals surface area contributed by atoms with E-state index in [0.717, 1.165) is 11.6 Å². The van der Waals surface area contributed by atoms with Crippen LogP contribution in [0.25, 0.3) is 0 Å². The second-order valence-corrected chi connectivity index (χ2v) is 6.28. The Bertz CT molecular complexity index is 390. The predicted octanol–water partition coefficient (Wildman–Crippen LogP) is 3.76. The Morgan fingerprint density at radius 2 is 2.18 bits per heavy atom. The molecule has 17 heavy (non-hydrogen) atoms. The maximum absolute atomic E-state index is 4.61. The van der Waals surface area contributed by atoms with Crippen LogP contribution >= 0.6 is 0 Å². The van der Waals surface area contributed by atoms with E-state index in [4.69, 9.17) is 0 Å². The molecule has 1 fully saturated rings. The second-order valence-electron chi connectivity index (χ2n) is 6.28. The van der Waals surface area contributed by atoms with Gasteiger partial charge in [-0.1, -0.05) is 20.3 Å². The molecule has 1 atom stereocenters. The van der Waals surface area contributed by atoms with E-state index in [1.165, 1.54) is 19.3 Å². The third-order valence-electron chi connectivity index (χ3n) is 3.97. The zero-order valence-electron chi connectivity index (χ0n) is 11.7. The molecule has 1 aliphatic rings. The van der Waals surface area contributed by atoms with Crippen molar-refractivity contribution in [1.82, 2.24) is 9.55 Å². The molecule has 1 heterocycles. The number of aromatic nitrogens is 2. The van der Waals surface area contributed by atoms with Crippen LogP contribution in [0.4, 0.5) is 5.95 Å². The summed E-state index contributed by atoms with van der Waals surface area (Å²) in [5.74, 6) is 1.04. The molecule has 1 aliphatic carbocycles. The summed E-state index contributed by atoms with van der Waals surface area (Å²) < 4.78 is 2.24. The molecule has 2 rings (SSSR count). The highest BCUT2D eigenvalue weighted by atomic mass is 15.2. The van der Waals surface area contributed by atoms with E-state index in [1.807, 2.05) is 0 Å². The van der Waals surface area contributed by atoms with Crippen LogP contribution in [0.5, 0.6) is 0 Å². The lowest BCUT2D eigenvalue weighted by Crippen LogP contribution is -2.32. The first-order chi connectivity index (χ1) is 7.90. The second kappa shape index (κ2) is 4.35. The number of rotatable bonds is 3. The van der Waals surface area contributed by atoms with Crippen LogP contribution in [0.1, 0.15) is 58.7 Å². The quantitative estimate of drug-likeness (QED) is 0.864. The Hall–Kier alpha value is -0.990. The van der Waals surface area contributed by atoms with Gasteiger partial charge in [0.15, 0.2) is 0 Å². The molecule has 1 aromatic rings. The van der Waals surface area contributed by atoms with Crippen molar-refractivity contribution in [3.63, 3.8) is 0 Å². The van der Waals surface area contributed by atoms with E-state index in [-0.39, 0.29) is 0 Å². The summed E-state index contributed by atoms with van der Waals surface area (Å²) >= 11 is 0. The smallest absolute Gasteiger partial charge is 0.203 e. The Labute approximate surface area is 105 Å². The first-order valence-electron chi connectivity index (χ1n) is 6.72. The van der Waals surface area contributed by atoms with Crippen LogP contribution in [0.2, 0.25) is 0 Å². The van der Waals surface area contributed by atoms with E-state index in [9.17, 15) is 0 Å². The fourth-order valence-corrected chi connectivity index (χ4v) is 2.77. The van der Waals surface area contributed by atoms with Crippen LogP contribution in [-0.2, 0) is 0 Å². The van der Waals surface area contributed by atoms with Gasteiger partial charge in [-0.15, -0.1) is 0 Å². The minimum atomic E-state index is 0.391. The number of nitrogens with one attached hydrogen (secondary N) is 1. The van der Waals surface area contributed by atoms with Crippen molar-refractivity contribution in [2.75, 3.05) is 5.32 Å². The molecule has 0 saturated heterocycles. The van der Waals surface area contributed by atoms with Crippen LogP contribution in [0.15, 0.2) is 6.20 Å². The molecule has 0 aliphatic heterocycles. The Kier molecular flexibility index (Phi) is 3.19. The van der Waals surface area contributed by atoms with Gasteiger partial charge in [-0.25, -0.2) is 4.98 Å². The average molecular weight is 235 g/mol. The highest BCUT2D eigenvalue weighted by molar-refractivity contribution is 5.32. The molecule has 1 saturated carbocycles. The lowest BCUT2D eigenvalue weighted by Gasteiger charge is -2.28. The lowest BCUT2D eigenvalue weighted by atomic mass is 9.87. The van der Waals surface area contributed by atoms with Gasteiger partial charge in [-0.3, -0.25) is 0 Å². The third kappa shape index (κ3) is 2.48. The highest BCUT2D eigenvalue weighted by Crippen LogP contribution is 2.39. The molecular weight excluding hydrogens is 210 g/mol. The van der Waals surface area contributed by atoms with Crippen LogP contribution in [0.3, 0.4) is 0 Å². The summed E-state index contributed by atoms with van der Waals surface area (Å²) in [4.78, 5) is 4.61. The normalized spacial score (nSPS) is 23.3. The Balaban J connectivity index is 2.18. The van der Waals surface area contributed by atoms with E-state index >= 15 is 0 Å². The number of hydrogen-bond acceptors (Lipinski definition) is 2. The maximum Gasteiger partial charge on any atom is 0.203 e. The van der Waals surface area contributed by atoms with Gasteiger partial charge >= 0.3 is 0 Å². The van der Waals surface area contributed by atoms with Gasteiger partial charge < -0.3 is 9.88 Å². The molecule has 3 heteroatoms. The SMILES string of the molecule is Cc1cn(C(C)C)c(NC2CCCC2(C)C)n1. The highest BCUT2D eigenvalue weighted by Gasteiger charge is 2.35. The van der Waals surface area contributed by atoms with Crippen LogP contribution in [-0.4, -0.2) is 15.6 Å².